The van der Waals surface area contributed by atoms with Crippen LogP contribution in [0, 0.1) is 0 Å². The maximum absolute atomic E-state index is 13.5. The van der Waals surface area contributed by atoms with Gasteiger partial charge in [-0.2, -0.15) is 0 Å². The third-order valence-electron chi connectivity index (χ3n) is 9.35. The van der Waals surface area contributed by atoms with Crippen LogP contribution in [0.25, 0.3) is 21.5 Å². The number of carboxylic acid groups (broad SMARTS) is 2. The Morgan fingerprint density at radius 3 is 1.17 bits per heavy atom. The molecule has 16 nitrogen and oxygen atoms in total. The van der Waals surface area contributed by atoms with Gasteiger partial charge in [0, 0.05) is 0 Å². The first kappa shape index (κ1) is 38.0. The van der Waals surface area contributed by atoms with Crippen LogP contribution in [0.1, 0.15) is 41.4 Å². The van der Waals surface area contributed by atoms with Gasteiger partial charge in [0.15, 0.2) is 0 Å². The first-order chi connectivity index (χ1) is 25.3. The predicted octanol–water partition coefficient (Wildman–Crippen LogP) is -0.102. The van der Waals surface area contributed by atoms with E-state index in [0.717, 1.165) is 0 Å². The van der Waals surface area contributed by atoms with Crippen LogP contribution in [0.4, 0.5) is 0 Å². The van der Waals surface area contributed by atoms with E-state index in [4.69, 9.17) is 9.47 Å². The van der Waals surface area contributed by atoms with Crippen molar-refractivity contribution in [2.45, 2.75) is 59.6 Å². The number of aliphatic hydroxyl groups is 6. The molecule has 0 aliphatic carbocycles. The fourth-order valence-electron chi connectivity index (χ4n) is 6.54. The molecule has 4 aromatic rings. The third kappa shape index (κ3) is 7.56. The average Bonchev–Trinajstić information content (AvgIpc) is 3.15. The molecule has 10 N–H and O–H groups in total. The molecule has 4 aromatic carbocycles. The summed E-state index contributed by atoms with van der Waals surface area (Å²) in [5, 5.41) is 91.6. The lowest BCUT2D eigenvalue weighted by Crippen LogP contribution is -2.66. The van der Waals surface area contributed by atoms with Gasteiger partial charge in [-0.3, -0.25) is 9.59 Å². The topological polar surface area (TPSA) is 273 Å². The van der Waals surface area contributed by atoms with Crippen molar-refractivity contribution in [2.75, 3.05) is 13.2 Å². The molecule has 0 aromatic heterocycles. The zero-order valence-electron chi connectivity index (χ0n) is 27.6. The number of carbonyl (C=O) groups excluding carboxylic acids is 2. The summed E-state index contributed by atoms with van der Waals surface area (Å²) in [5.41, 5.74) is -4.17. The number of nitrogens with one attached hydrogen (secondary N) is 2. The molecule has 0 spiro atoms. The third-order valence-corrected chi connectivity index (χ3v) is 10.7. The molecule has 17 heteroatoms. The van der Waals surface area contributed by atoms with Gasteiger partial charge in [0.05, 0.1) is 47.6 Å². The zero-order valence-corrected chi connectivity index (χ0v) is 28.4. The van der Waals surface area contributed by atoms with E-state index in [2.05, 4.69) is 10.6 Å². The fourth-order valence-corrected chi connectivity index (χ4v) is 7.88. The van der Waals surface area contributed by atoms with E-state index in [1.807, 2.05) is 0 Å². The van der Waals surface area contributed by atoms with Gasteiger partial charge in [-0.15, -0.1) is 0 Å². The van der Waals surface area contributed by atoms with E-state index >= 15 is 0 Å². The molecule has 2 aliphatic rings. The zero-order chi connectivity index (χ0) is 38.1. The van der Waals surface area contributed by atoms with Gasteiger partial charge in [0.25, 0.3) is 11.8 Å². The van der Waals surface area contributed by atoms with Crippen molar-refractivity contribution >= 4 is 57.1 Å². The summed E-state index contributed by atoms with van der Waals surface area (Å²) >= 11 is 0.593. The van der Waals surface area contributed by atoms with E-state index in [9.17, 15) is 60.0 Å². The van der Waals surface area contributed by atoms with Crippen LogP contribution in [-0.4, -0.2) is 137 Å². The van der Waals surface area contributed by atoms with Crippen LogP contribution in [0.2, 0.25) is 0 Å². The lowest BCUT2D eigenvalue weighted by Gasteiger charge is -2.46. The van der Waals surface area contributed by atoms with E-state index in [-0.39, 0.29) is 22.3 Å². The van der Waals surface area contributed by atoms with Crippen molar-refractivity contribution in [3.8, 4) is 0 Å². The number of hydrogen-bond donors (Lipinski definition) is 10. The number of thioether (sulfide) groups is 1. The maximum atomic E-state index is 13.5. The van der Waals surface area contributed by atoms with Crippen LogP contribution in [0.15, 0.2) is 72.8 Å². The lowest BCUT2D eigenvalue weighted by atomic mass is 9.95. The number of aliphatic hydroxyl groups excluding tert-OH is 6. The van der Waals surface area contributed by atoms with Crippen LogP contribution in [-0.2, 0) is 9.47 Å². The number of carbonyl (C=O) groups is 4. The summed E-state index contributed by atoms with van der Waals surface area (Å²) in [6.45, 7) is -1.59. The SMILES string of the molecule is O=C(O)c1cc2ccccc2cc1C(=O)NC1C(O)C(SC2O[C@@H](CO)[C@H](O)[C@H](NC(=O)c3cc4ccccc4cc3C(=O)O)[C@H]2O)O[C@H](CO)[C@@H]1O. The Morgan fingerprint density at radius 1 is 0.547 bits per heavy atom. The van der Waals surface area contributed by atoms with Crippen LogP contribution >= 0.6 is 11.8 Å². The molecule has 2 amide bonds. The van der Waals surface area contributed by atoms with E-state index in [0.29, 0.717) is 33.3 Å². The van der Waals surface area contributed by atoms with Gasteiger partial charge in [-0.05, 0) is 45.8 Å². The Hall–Kier alpha value is -4.69. The van der Waals surface area contributed by atoms with Crippen molar-refractivity contribution in [3.05, 3.63) is 95.1 Å². The minimum atomic E-state index is -1.78. The van der Waals surface area contributed by atoms with E-state index in [1.54, 1.807) is 48.5 Å². The van der Waals surface area contributed by atoms with Crippen molar-refractivity contribution in [1.82, 2.24) is 10.6 Å². The molecule has 6 rings (SSSR count). The Balaban J connectivity index is 1.24. The number of ether oxygens (including phenoxy) is 2. The summed E-state index contributed by atoms with van der Waals surface area (Å²) in [4.78, 5) is 51.2. The predicted molar refractivity (Wildman–Crippen MR) is 187 cm³/mol. The molecule has 0 radical (unpaired) electrons. The van der Waals surface area contributed by atoms with Gasteiger partial charge in [0.1, 0.15) is 47.5 Å². The quantitative estimate of drug-likeness (QED) is 0.101. The normalized spacial score (nSPS) is 28.7. The molecule has 2 aliphatic heterocycles. The van der Waals surface area contributed by atoms with Crippen LogP contribution < -0.4 is 10.6 Å². The van der Waals surface area contributed by atoms with Crippen LogP contribution in [0.3, 0.4) is 0 Å². The minimum absolute atomic E-state index is 0.270. The first-order valence-electron chi connectivity index (χ1n) is 16.4. The molecule has 2 heterocycles. The Bertz CT molecular complexity index is 1900. The van der Waals surface area contributed by atoms with Gasteiger partial charge >= 0.3 is 11.9 Å². The standard InChI is InChI=1S/C36H36N2O14S/c39-13-23-27(41)25(37-31(45)19-9-15-5-1-3-7-17(15)11-21(19)33(47)48)29(43)35(51-23)53-36-30(44)26(28(42)24(14-40)52-36)38-32(46)20-10-16-6-2-4-8-18(16)12-22(20)34(49)50/h1-12,23-30,35-36,39-44H,13-14H2,(H,37,45)(H,38,46)(H,47,48)(H,49,50)/t23-,24+,25-,26?,27-,28-,29+,30?,35?,36?/m0/s1. The summed E-state index contributed by atoms with van der Waals surface area (Å²) in [5.74, 6) is -4.73. The highest BCUT2D eigenvalue weighted by molar-refractivity contribution is 8.00. The molecular formula is C36H36N2O14S. The molecule has 10 atom stereocenters. The monoisotopic (exact) mass is 752 g/mol. The number of benzene rings is 4. The Kier molecular flexibility index (Phi) is 11.3. The van der Waals surface area contributed by atoms with Gasteiger partial charge < -0.3 is 61.0 Å². The second-order valence-corrected chi connectivity index (χ2v) is 13.8. The number of rotatable bonds is 10. The van der Waals surface area contributed by atoms with E-state index in [1.165, 1.54) is 24.3 Å². The van der Waals surface area contributed by atoms with Crippen molar-refractivity contribution in [2.24, 2.45) is 0 Å². The Labute approximate surface area is 304 Å². The summed E-state index contributed by atoms with van der Waals surface area (Å²) in [6.07, 6.45) is -9.79. The molecule has 53 heavy (non-hydrogen) atoms. The van der Waals surface area contributed by atoms with Crippen molar-refractivity contribution in [3.63, 3.8) is 0 Å². The molecule has 4 unspecified atom stereocenters. The second kappa shape index (κ2) is 15.7. The average molecular weight is 753 g/mol. The summed E-state index contributed by atoms with van der Waals surface area (Å²) in [7, 11) is 0. The number of amides is 2. The fraction of sp³-hybridized carbons (Fsp3) is 0.333. The van der Waals surface area contributed by atoms with Gasteiger partial charge in [0.2, 0.25) is 0 Å². The molecule has 0 saturated carbocycles. The smallest absolute Gasteiger partial charge is 0.336 e. The van der Waals surface area contributed by atoms with Crippen molar-refractivity contribution < 1.29 is 69.5 Å². The molecule has 2 saturated heterocycles. The van der Waals surface area contributed by atoms with Crippen LogP contribution in [0.5, 0.6) is 0 Å². The lowest BCUT2D eigenvalue weighted by molar-refractivity contribution is -0.175. The number of carboxylic acids is 2. The number of aromatic carboxylic acids is 2. The van der Waals surface area contributed by atoms with Gasteiger partial charge in [-0.1, -0.05) is 60.3 Å². The van der Waals surface area contributed by atoms with Gasteiger partial charge in [-0.25, -0.2) is 9.59 Å². The number of hydrogen-bond acceptors (Lipinski definition) is 13. The molecule has 280 valence electrons. The second-order valence-electron chi connectivity index (χ2n) is 12.6. The first-order valence-corrected chi connectivity index (χ1v) is 17.3. The maximum Gasteiger partial charge on any atom is 0.336 e. The minimum Gasteiger partial charge on any atom is -0.478 e. The molecule has 2 fully saturated rings. The molecular weight excluding hydrogens is 716 g/mol. The van der Waals surface area contributed by atoms with E-state index < -0.39 is 96.5 Å². The number of fused-ring (bicyclic) bond motifs is 2. The Morgan fingerprint density at radius 2 is 0.868 bits per heavy atom. The molecule has 0 bridgehead atoms. The largest absolute Gasteiger partial charge is 0.478 e. The summed E-state index contributed by atoms with van der Waals surface area (Å²) in [6, 6.07) is 15.6. The highest BCUT2D eigenvalue weighted by Gasteiger charge is 2.51. The highest BCUT2D eigenvalue weighted by atomic mass is 32.2. The van der Waals surface area contributed by atoms with Crippen molar-refractivity contribution in [1.29, 1.82) is 0 Å². The summed E-state index contributed by atoms with van der Waals surface area (Å²) < 4.78 is 11.4. The highest BCUT2D eigenvalue weighted by Crippen LogP contribution is 2.37.